The van der Waals surface area contributed by atoms with Gasteiger partial charge in [-0.3, -0.25) is 4.90 Å². The molecule has 5 nitrogen and oxygen atoms in total. The zero-order valence-corrected chi connectivity index (χ0v) is 26.7. The third kappa shape index (κ3) is 3.86. The van der Waals surface area contributed by atoms with Crippen molar-refractivity contribution in [1.82, 2.24) is 15.0 Å². The highest BCUT2D eigenvalue weighted by atomic mass is 16.3. The molecule has 10 aromatic rings. The molecule has 1 aliphatic heterocycles. The fourth-order valence-corrected chi connectivity index (χ4v) is 7.82. The molecule has 0 atom stereocenters. The monoisotopic (exact) mass is 638 g/mol. The standard InChI is InChI=1S/C45H26N4O/c1-3-16-30-27(11-1)13-7-21-36(30)43-46-44(37-22-10-20-35-32-18-5-6-24-39(32)50-42(35)37)48-45(47-43)49-38-23-9-15-29-14-8-19-33(40(29)38)34-26-25-28-12-2-4-17-31(28)41(34)49/h1-26H. The summed E-state index contributed by atoms with van der Waals surface area (Å²) in [7, 11) is 0. The molecule has 0 spiro atoms. The van der Waals surface area contributed by atoms with Crippen LogP contribution >= 0.6 is 0 Å². The van der Waals surface area contributed by atoms with Crippen molar-refractivity contribution in [3.8, 4) is 33.9 Å². The first kappa shape index (κ1) is 27.1. The van der Waals surface area contributed by atoms with E-state index in [0.717, 1.165) is 71.5 Å². The summed E-state index contributed by atoms with van der Waals surface area (Å²) in [6.07, 6.45) is 0. The first-order chi connectivity index (χ1) is 24.8. The smallest absolute Gasteiger partial charge is 0.238 e. The molecule has 1 aliphatic rings. The van der Waals surface area contributed by atoms with E-state index in [1.165, 1.54) is 16.3 Å². The van der Waals surface area contributed by atoms with Crippen LogP contribution < -0.4 is 4.90 Å². The Morgan fingerprint density at radius 1 is 0.400 bits per heavy atom. The highest BCUT2D eigenvalue weighted by Gasteiger charge is 2.30. The lowest BCUT2D eigenvalue weighted by Crippen LogP contribution is -2.19. The molecule has 0 N–H and O–H groups in total. The number of nitrogens with zero attached hydrogens (tertiary/aromatic N) is 4. The number of hydrogen-bond acceptors (Lipinski definition) is 5. The van der Waals surface area contributed by atoms with E-state index in [2.05, 4.69) is 138 Å². The zero-order chi connectivity index (χ0) is 32.8. The van der Waals surface area contributed by atoms with Crippen molar-refractivity contribution in [2.75, 3.05) is 4.90 Å². The predicted octanol–water partition coefficient (Wildman–Crippen LogP) is 12.0. The molecule has 3 heterocycles. The SMILES string of the molecule is c1ccc2c(-c3nc(-c4cccc5c4oc4ccccc45)nc(N4c5c(ccc6ccccc56)-c5cccc6cccc4c56)n3)cccc2c1. The third-order valence-electron chi connectivity index (χ3n) is 10.0. The molecule has 50 heavy (non-hydrogen) atoms. The number of furan rings is 1. The van der Waals surface area contributed by atoms with Gasteiger partial charge in [0, 0.05) is 32.7 Å². The zero-order valence-electron chi connectivity index (χ0n) is 26.7. The van der Waals surface area contributed by atoms with Crippen molar-refractivity contribution < 1.29 is 4.42 Å². The fourth-order valence-electron chi connectivity index (χ4n) is 7.82. The second-order valence-electron chi connectivity index (χ2n) is 12.8. The van der Waals surface area contributed by atoms with Crippen LogP contribution in [0.25, 0.3) is 88.2 Å². The summed E-state index contributed by atoms with van der Waals surface area (Å²) in [6.45, 7) is 0. The number of hydrogen-bond donors (Lipinski definition) is 0. The summed E-state index contributed by atoms with van der Waals surface area (Å²) in [6, 6.07) is 55.0. The molecule has 0 bridgehead atoms. The van der Waals surface area contributed by atoms with E-state index in [0.29, 0.717) is 17.6 Å². The van der Waals surface area contributed by atoms with Gasteiger partial charge < -0.3 is 4.42 Å². The topological polar surface area (TPSA) is 55.1 Å². The molecule has 0 saturated carbocycles. The molecule has 0 radical (unpaired) electrons. The van der Waals surface area contributed by atoms with Crippen molar-refractivity contribution in [2.45, 2.75) is 0 Å². The number of rotatable bonds is 3. The maximum absolute atomic E-state index is 6.53. The van der Waals surface area contributed by atoms with Crippen molar-refractivity contribution in [3.05, 3.63) is 158 Å². The van der Waals surface area contributed by atoms with Gasteiger partial charge in [-0.05, 0) is 45.3 Å². The van der Waals surface area contributed by atoms with Gasteiger partial charge in [0.25, 0.3) is 0 Å². The molecule has 0 aliphatic carbocycles. The van der Waals surface area contributed by atoms with Crippen LogP contribution in [0.1, 0.15) is 0 Å². The van der Waals surface area contributed by atoms with Gasteiger partial charge in [-0.25, -0.2) is 4.98 Å². The summed E-state index contributed by atoms with van der Waals surface area (Å²) >= 11 is 0. The number of benzene rings is 8. The van der Waals surface area contributed by atoms with E-state index < -0.39 is 0 Å². The molecule has 8 aromatic carbocycles. The van der Waals surface area contributed by atoms with E-state index in [1.54, 1.807) is 0 Å². The Bertz CT molecular complexity index is 3010. The van der Waals surface area contributed by atoms with Gasteiger partial charge in [-0.1, -0.05) is 140 Å². The van der Waals surface area contributed by atoms with Crippen LogP contribution in [0.2, 0.25) is 0 Å². The molecule has 11 rings (SSSR count). The molecule has 0 amide bonds. The maximum atomic E-state index is 6.53. The minimum atomic E-state index is 0.547. The van der Waals surface area contributed by atoms with Gasteiger partial charge in [0.1, 0.15) is 11.2 Å². The van der Waals surface area contributed by atoms with Gasteiger partial charge in [0.05, 0.1) is 16.9 Å². The molecule has 5 heteroatoms. The summed E-state index contributed by atoms with van der Waals surface area (Å²) in [5.74, 6) is 1.70. The van der Waals surface area contributed by atoms with Crippen molar-refractivity contribution in [3.63, 3.8) is 0 Å². The van der Waals surface area contributed by atoms with Crippen LogP contribution in [-0.4, -0.2) is 15.0 Å². The minimum Gasteiger partial charge on any atom is -0.455 e. The molecule has 0 unspecified atom stereocenters. The number of para-hydroxylation sites is 2. The largest absolute Gasteiger partial charge is 0.455 e. The van der Waals surface area contributed by atoms with Crippen LogP contribution in [0.3, 0.4) is 0 Å². The second kappa shape index (κ2) is 10.3. The molecule has 232 valence electrons. The number of fused-ring (bicyclic) bond motifs is 8. The van der Waals surface area contributed by atoms with Crippen molar-refractivity contribution in [2.24, 2.45) is 0 Å². The Hall–Kier alpha value is -6.85. The third-order valence-corrected chi connectivity index (χ3v) is 10.0. The van der Waals surface area contributed by atoms with Crippen molar-refractivity contribution in [1.29, 1.82) is 0 Å². The molecule has 2 aromatic heterocycles. The number of aromatic nitrogens is 3. The minimum absolute atomic E-state index is 0.547. The van der Waals surface area contributed by atoms with E-state index >= 15 is 0 Å². The van der Waals surface area contributed by atoms with Gasteiger partial charge in [0.15, 0.2) is 11.6 Å². The van der Waals surface area contributed by atoms with E-state index in [9.17, 15) is 0 Å². The average Bonchev–Trinajstić information content (AvgIpc) is 3.57. The Morgan fingerprint density at radius 2 is 1.00 bits per heavy atom. The first-order valence-electron chi connectivity index (χ1n) is 16.8. The normalized spacial score (nSPS) is 12.4. The van der Waals surface area contributed by atoms with Crippen LogP contribution in [0.15, 0.2) is 162 Å². The Morgan fingerprint density at radius 3 is 1.86 bits per heavy atom. The Balaban J connectivity index is 1.27. The summed E-state index contributed by atoms with van der Waals surface area (Å²) < 4.78 is 6.53. The lowest BCUT2D eigenvalue weighted by atomic mass is 9.89. The first-order valence-corrected chi connectivity index (χ1v) is 16.8. The number of anilines is 3. The molecule has 0 fully saturated rings. The van der Waals surface area contributed by atoms with Crippen molar-refractivity contribution >= 4 is 71.6 Å². The molecule has 0 saturated heterocycles. The highest BCUT2D eigenvalue weighted by molar-refractivity contribution is 6.18. The highest BCUT2D eigenvalue weighted by Crippen LogP contribution is 2.53. The van der Waals surface area contributed by atoms with Crippen LogP contribution in [0.4, 0.5) is 17.3 Å². The summed E-state index contributed by atoms with van der Waals surface area (Å²) in [5.41, 5.74) is 7.77. The second-order valence-corrected chi connectivity index (χ2v) is 12.8. The summed E-state index contributed by atoms with van der Waals surface area (Å²) in [4.78, 5) is 18.2. The summed E-state index contributed by atoms with van der Waals surface area (Å²) in [5, 5.41) is 8.92. The Kier molecular flexibility index (Phi) is 5.60. The Labute approximate surface area is 286 Å². The van der Waals surface area contributed by atoms with Crippen LogP contribution in [0, 0.1) is 0 Å². The van der Waals surface area contributed by atoms with Gasteiger partial charge in [0.2, 0.25) is 5.95 Å². The predicted molar refractivity (Wildman–Crippen MR) is 204 cm³/mol. The lowest BCUT2D eigenvalue weighted by Gasteiger charge is -2.33. The van der Waals surface area contributed by atoms with Gasteiger partial charge in [-0.2, -0.15) is 9.97 Å². The quantitative estimate of drug-likeness (QED) is 0.193. The maximum Gasteiger partial charge on any atom is 0.238 e. The van der Waals surface area contributed by atoms with Gasteiger partial charge in [-0.15, -0.1) is 0 Å². The van der Waals surface area contributed by atoms with E-state index in [1.807, 2.05) is 24.3 Å². The fraction of sp³-hybridized carbons (Fsp3) is 0. The van der Waals surface area contributed by atoms with Crippen LogP contribution in [0.5, 0.6) is 0 Å². The van der Waals surface area contributed by atoms with Gasteiger partial charge >= 0.3 is 0 Å². The van der Waals surface area contributed by atoms with E-state index in [-0.39, 0.29) is 0 Å². The van der Waals surface area contributed by atoms with Crippen LogP contribution in [-0.2, 0) is 0 Å². The average molecular weight is 639 g/mol. The molecular weight excluding hydrogens is 613 g/mol. The molecular formula is C45H26N4O. The lowest BCUT2D eigenvalue weighted by molar-refractivity contribution is 0.669. The van der Waals surface area contributed by atoms with E-state index in [4.69, 9.17) is 19.4 Å².